The summed E-state index contributed by atoms with van der Waals surface area (Å²) in [6.07, 6.45) is 0. The molecule has 0 aliphatic rings. The van der Waals surface area contributed by atoms with Gasteiger partial charge in [0, 0.05) is 0 Å². The summed E-state index contributed by atoms with van der Waals surface area (Å²) >= 11 is 0. The number of para-hydroxylation sites is 2. The summed E-state index contributed by atoms with van der Waals surface area (Å²) < 4.78 is 30.6. The van der Waals surface area contributed by atoms with Gasteiger partial charge in [0.1, 0.15) is 0 Å². The van der Waals surface area contributed by atoms with Crippen LogP contribution in [-0.2, 0) is 9.59 Å². The van der Waals surface area contributed by atoms with E-state index in [-0.39, 0.29) is 34.5 Å². The molecular formula is C18H18O8. The van der Waals surface area contributed by atoms with Gasteiger partial charge in [-0.25, -0.2) is 9.59 Å². The third kappa shape index (κ3) is 3.97. The second-order valence-electron chi connectivity index (χ2n) is 4.76. The maximum absolute atomic E-state index is 12.2. The minimum Gasteiger partial charge on any atom is -0.493 e. The first-order valence-electron chi connectivity index (χ1n) is 7.41. The van der Waals surface area contributed by atoms with Crippen LogP contribution in [0.25, 0.3) is 0 Å². The van der Waals surface area contributed by atoms with Gasteiger partial charge in [0.25, 0.3) is 0 Å². The van der Waals surface area contributed by atoms with Crippen molar-refractivity contribution in [2.45, 2.75) is 0 Å². The molecule has 2 aromatic carbocycles. The summed E-state index contributed by atoms with van der Waals surface area (Å²) in [5.41, 5.74) is 0. The molecule has 0 amide bonds. The maximum Gasteiger partial charge on any atom is 0.423 e. The molecule has 138 valence electrons. The predicted octanol–water partition coefficient (Wildman–Crippen LogP) is 2.23. The number of hydrogen-bond acceptors (Lipinski definition) is 8. The number of esters is 2. The van der Waals surface area contributed by atoms with E-state index in [9.17, 15) is 9.59 Å². The highest BCUT2D eigenvalue weighted by atomic mass is 16.6. The van der Waals surface area contributed by atoms with Crippen molar-refractivity contribution in [1.29, 1.82) is 0 Å². The molecule has 0 bridgehead atoms. The molecule has 2 aromatic rings. The number of rotatable bonds is 6. The van der Waals surface area contributed by atoms with Gasteiger partial charge in [0.05, 0.1) is 28.4 Å². The highest BCUT2D eigenvalue weighted by molar-refractivity contribution is 6.31. The molecule has 0 atom stereocenters. The number of ether oxygens (including phenoxy) is 6. The minimum absolute atomic E-state index is 0.0357. The molecular weight excluding hydrogens is 344 g/mol. The first-order chi connectivity index (χ1) is 12.5. The molecule has 0 unspecified atom stereocenters. The van der Waals surface area contributed by atoms with E-state index in [1.807, 2.05) is 0 Å². The second kappa shape index (κ2) is 8.61. The lowest BCUT2D eigenvalue weighted by Gasteiger charge is -2.14. The van der Waals surface area contributed by atoms with Crippen molar-refractivity contribution in [3.63, 3.8) is 0 Å². The Bertz CT molecular complexity index is 688. The SMILES string of the molecule is COc1cccc(OC)c1OC(=O)C(=O)Oc1c(OC)cccc1OC. The molecule has 0 radical (unpaired) electrons. The quantitative estimate of drug-likeness (QED) is 0.439. The summed E-state index contributed by atoms with van der Waals surface area (Å²) in [7, 11) is 5.57. The molecule has 0 saturated heterocycles. The van der Waals surface area contributed by atoms with Crippen LogP contribution in [0.3, 0.4) is 0 Å². The Balaban J connectivity index is 2.24. The van der Waals surface area contributed by atoms with Gasteiger partial charge in [0.2, 0.25) is 11.5 Å². The average Bonchev–Trinajstić information content (AvgIpc) is 2.67. The molecule has 2 rings (SSSR count). The fourth-order valence-electron chi connectivity index (χ4n) is 2.10. The smallest absolute Gasteiger partial charge is 0.423 e. The Morgan fingerprint density at radius 2 is 0.846 bits per heavy atom. The van der Waals surface area contributed by atoms with Crippen molar-refractivity contribution in [3.05, 3.63) is 36.4 Å². The number of carbonyl (C=O) groups excluding carboxylic acids is 2. The fourth-order valence-corrected chi connectivity index (χ4v) is 2.10. The second-order valence-corrected chi connectivity index (χ2v) is 4.76. The summed E-state index contributed by atoms with van der Waals surface area (Å²) in [4.78, 5) is 24.3. The fraction of sp³-hybridized carbons (Fsp3) is 0.222. The first-order valence-corrected chi connectivity index (χ1v) is 7.41. The van der Waals surface area contributed by atoms with Gasteiger partial charge in [-0.2, -0.15) is 0 Å². The normalized spacial score (nSPS) is 9.85. The van der Waals surface area contributed by atoms with Crippen LogP contribution in [0.4, 0.5) is 0 Å². The van der Waals surface area contributed by atoms with Gasteiger partial charge in [-0.05, 0) is 24.3 Å². The molecule has 0 spiro atoms. The predicted molar refractivity (Wildman–Crippen MR) is 90.4 cm³/mol. The van der Waals surface area contributed by atoms with Gasteiger partial charge in [0.15, 0.2) is 23.0 Å². The standard InChI is InChI=1S/C18H18O8/c1-21-11-7-5-8-12(22-2)15(11)25-17(19)18(20)26-16-13(23-3)9-6-10-14(16)24-4/h5-10H,1-4H3. The number of benzene rings is 2. The van der Waals surface area contributed by atoms with Crippen LogP contribution in [-0.4, -0.2) is 40.4 Å². The van der Waals surface area contributed by atoms with Crippen LogP contribution in [0.5, 0.6) is 34.5 Å². The van der Waals surface area contributed by atoms with Gasteiger partial charge in [-0.1, -0.05) is 12.1 Å². The Morgan fingerprint density at radius 1 is 0.577 bits per heavy atom. The Morgan fingerprint density at radius 3 is 1.08 bits per heavy atom. The number of methoxy groups -OCH3 is 4. The summed E-state index contributed by atoms with van der Waals surface area (Å²) in [6.45, 7) is 0. The lowest BCUT2D eigenvalue weighted by atomic mass is 10.3. The largest absolute Gasteiger partial charge is 0.493 e. The molecule has 0 aliphatic carbocycles. The van der Waals surface area contributed by atoms with Crippen molar-refractivity contribution in [2.75, 3.05) is 28.4 Å². The first kappa shape index (κ1) is 18.9. The van der Waals surface area contributed by atoms with E-state index in [4.69, 9.17) is 28.4 Å². The highest BCUT2D eigenvalue weighted by Crippen LogP contribution is 2.38. The Kier molecular flexibility index (Phi) is 6.26. The summed E-state index contributed by atoms with van der Waals surface area (Å²) in [5.74, 6) is -1.71. The van der Waals surface area contributed by atoms with E-state index in [2.05, 4.69) is 0 Å². The average molecular weight is 362 g/mol. The lowest BCUT2D eigenvalue weighted by Crippen LogP contribution is -2.26. The maximum atomic E-state index is 12.2. The van der Waals surface area contributed by atoms with Crippen LogP contribution in [0, 0.1) is 0 Å². The monoisotopic (exact) mass is 362 g/mol. The van der Waals surface area contributed by atoms with Crippen LogP contribution in [0.2, 0.25) is 0 Å². The van der Waals surface area contributed by atoms with Crippen molar-refractivity contribution in [1.82, 2.24) is 0 Å². The van der Waals surface area contributed by atoms with Gasteiger partial charge in [-0.3, -0.25) is 0 Å². The number of carbonyl (C=O) groups is 2. The molecule has 0 fully saturated rings. The third-order valence-electron chi connectivity index (χ3n) is 3.32. The molecule has 0 heterocycles. The van der Waals surface area contributed by atoms with Gasteiger partial charge < -0.3 is 28.4 Å². The molecule has 0 aliphatic heterocycles. The van der Waals surface area contributed by atoms with E-state index in [1.54, 1.807) is 36.4 Å². The Hall–Kier alpha value is -3.42. The van der Waals surface area contributed by atoms with E-state index in [1.165, 1.54) is 28.4 Å². The van der Waals surface area contributed by atoms with E-state index in [0.29, 0.717) is 0 Å². The molecule has 0 N–H and O–H groups in total. The van der Waals surface area contributed by atoms with Crippen molar-refractivity contribution in [3.8, 4) is 34.5 Å². The number of hydrogen-bond donors (Lipinski definition) is 0. The summed E-state index contributed by atoms with van der Waals surface area (Å²) in [5, 5.41) is 0. The van der Waals surface area contributed by atoms with Crippen LogP contribution in [0.1, 0.15) is 0 Å². The van der Waals surface area contributed by atoms with Crippen molar-refractivity contribution >= 4 is 11.9 Å². The Labute approximate surface area is 150 Å². The molecule has 0 saturated carbocycles. The van der Waals surface area contributed by atoms with Crippen molar-refractivity contribution < 1.29 is 38.0 Å². The van der Waals surface area contributed by atoms with E-state index < -0.39 is 11.9 Å². The van der Waals surface area contributed by atoms with Crippen LogP contribution >= 0.6 is 0 Å². The minimum atomic E-state index is -1.26. The molecule has 0 aromatic heterocycles. The van der Waals surface area contributed by atoms with Gasteiger partial charge in [-0.15, -0.1) is 0 Å². The van der Waals surface area contributed by atoms with Crippen LogP contribution < -0.4 is 28.4 Å². The zero-order chi connectivity index (χ0) is 19.1. The topological polar surface area (TPSA) is 89.5 Å². The third-order valence-corrected chi connectivity index (χ3v) is 3.32. The van der Waals surface area contributed by atoms with E-state index >= 15 is 0 Å². The van der Waals surface area contributed by atoms with E-state index in [0.717, 1.165) is 0 Å². The van der Waals surface area contributed by atoms with Crippen LogP contribution in [0.15, 0.2) is 36.4 Å². The highest BCUT2D eigenvalue weighted by Gasteiger charge is 2.26. The van der Waals surface area contributed by atoms with Crippen molar-refractivity contribution in [2.24, 2.45) is 0 Å². The zero-order valence-electron chi connectivity index (χ0n) is 14.7. The molecule has 8 nitrogen and oxygen atoms in total. The summed E-state index contributed by atoms with van der Waals surface area (Å²) in [6, 6.07) is 9.51. The molecule has 8 heteroatoms. The molecule has 26 heavy (non-hydrogen) atoms. The lowest BCUT2D eigenvalue weighted by molar-refractivity contribution is -0.156. The van der Waals surface area contributed by atoms with Gasteiger partial charge >= 0.3 is 11.9 Å². The zero-order valence-corrected chi connectivity index (χ0v) is 14.7.